The number of piperidine rings is 1. The average Bonchev–Trinajstić information content (AvgIpc) is 3.43. The molecule has 4 heterocycles. The van der Waals surface area contributed by atoms with E-state index in [0.717, 1.165) is 34.6 Å². The molecule has 39 heavy (non-hydrogen) atoms. The summed E-state index contributed by atoms with van der Waals surface area (Å²) < 4.78 is 15.4. The molecule has 0 spiro atoms. The Morgan fingerprint density at radius 2 is 1.95 bits per heavy atom. The summed E-state index contributed by atoms with van der Waals surface area (Å²) in [4.78, 5) is 37.0. The first-order valence-corrected chi connectivity index (χ1v) is 13.3. The Bertz CT molecular complexity index is 1560. The number of carbonyl (C=O) groups is 2. The maximum atomic E-state index is 14.0. The first-order valence-electron chi connectivity index (χ1n) is 13.3. The van der Waals surface area contributed by atoms with E-state index in [0.29, 0.717) is 36.2 Å². The van der Waals surface area contributed by atoms with Crippen LogP contribution in [0.25, 0.3) is 33.6 Å². The van der Waals surface area contributed by atoms with Gasteiger partial charge in [0.25, 0.3) is 5.91 Å². The number of ether oxygens (including phenoxy) is 2. The lowest BCUT2D eigenvalue weighted by Gasteiger charge is -2.47. The molecular formula is C29H36N6O4. The molecule has 10 nitrogen and oxygen atoms in total. The van der Waals surface area contributed by atoms with Crippen LogP contribution in [0.15, 0.2) is 36.5 Å². The molecule has 0 saturated carbocycles. The lowest BCUT2D eigenvalue weighted by Crippen LogP contribution is -2.58. The highest BCUT2D eigenvalue weighted by molar-refractivity contribution is 6.00. The van der Waals surface area contributed by atoms with E-state index in [4.69, 9.17) is 20.2 Å². The molecule has 1 aliphatic rings. The Morgan fingerprint density at radius 1 is 1.18 bits per heavy atom. The number of aromatic nitrogens is 4. The fourth-order valence-corrected chi connectivity index (χ4v) is 6.08. The van der Waals surface area contributed by atoms with Crippen molar-refractivity contribution in [1.82, 2.24) is 24.0 Å². The van der Waals surface area contributed by atoms with Gasteiger partial charge < -0.3 is 29.2 Å². The Labute approximate surface area is 227 Å². The Kier molecular flexibility index (Phi) is 6.74. The van der Waals surface area contributed by atoms with E-state index in [1.807, 2.05) is 55.5 Å². The summed E-state index contributed by atoms with van der Waals surface area (Å²) >= 11 is 0. The molecule has 2 N–H and O–H groups in total. The van der Waals surface area contributed by atoms with E-state index in [1.54, 1.807) is 19.4 Å². The second-order valence-corrected chi connectivity index (χ2v) is 11.1. The van der Waals surface area contributed by atoms with Gasteiger partial charge in [-0.3, -0.25) is 9.78 Å². The van der Waals surface area contributed by atoms with Gasteiger partial charge >= 0.3 is 6.09 Å². The average molecular weight is 533 g/mol. The van der Waals surface area contributed by atoms with Crippen molar-refractivity contribution in [2.24, 2.45) is 18.2 Å². The summed E-state index contributed by atoms with van der Waals surface area (Å²) in [6, 6.07) is 9.27. The number of nitrogens with zero attached hydrogens (tertiary/aromatic N) is 5. The third kappa shape index (κ3) is 4.57. The van der Waals surface area contributed by atoms with Crippen LogP contribution in [0.3, 0.4) is 0 Å². The molecule has 4 aromatic rings. The Morgan fingerprint density at radius 3 is 2.62 bits per heavy atom. The number of fused-ring (bicyclic) bond motifs is 2. The number of aryl methyl sites for hydroxylation is 2. The number of benzene rings is 1. The van der Waals surface area contributed by atoms with Crippen LogP contribution in [0.1, 0.15) is 50.9 Å². The number of amides is 2. The monoisotopic (exact) mass is 532 g/mol. The number of nitrogens with two attached hydrogens (primary N) is 1. The predicted molar refractivity (Wildman–Crippen MR) is 150 cm³/mol. The molecule has 0 radical (unpaired) electrons. The number of rotatable bonds is 5. The van der Waals surface area contributed by atoms with E-state index < -0.39 is 12.2 Å². The Hall–Kier alpha value is -4.08. The number of primary amides is 1. The second-order valence-electron chi connectivity index (χ2n) is 11.1. The minimum atomic E-state index is -0.827. The van der Waals surface area contributed by atoms with Gasteiger partial charge in [0.1, 0.15) is 17.4 Å². The van der Waals surface area contributed by atoms with Crippen LogP contribution in [-0.2, 0) is 18.3 Å². The highest BCUT2D eigenvalue weighted by Gasteiger charge is 2.43. The summed E-state index contributed by atoms with van der Waals surface area (Å²) in [6.45, 7) is 9.52. The molecule has 1 aliphatic heterocycles. The molecule has 0 bridgehead atoms. The molecule has 10 heteroatoms. The summed E-state index contributed by atoms with van der Waals surface area (Å²) in [6.07, 6.45) is 1.84. The molecule has 3 aromatic heterocycles. The fourth-order valence-electron chi connectivity index (χ4n) is 6.08. The number of likely N-dealkylation sites (tertiary alicyclic amines) is 1. The highest BCUT2D eigenvalue weighted by Crippen LogP contribution is 2.37. The van der Waals surface area contributed by atoms with E-state index in [-0.39, 0.29) is 17.4 Å². The molecule has 0 aliphatic carbocycles. The normalized spacial score (nSPS) is 18.1. The summed E-state index contributed by atoms with van der Waals surface area (Å²) in [5.41, 5.74) is 9.83. The smallest absolute Gasteiger partial charge is 0.404 e. The van der Waals surface area contributed by atoms with Crippen molar-refractivity contribution < 1.29 is 19.1 Å². The summed E-state index contributed by atoms with van der Waals surface area (Å²) in [5, 5.41) is 0. The third-order valence-corrected chi connectivity index (χ3v) is 7.61. The third-order valence-electron chi connectivity index (χ3n) is 7.61. The zero-order valence-electron chi connectivity index (χ0n) is 23.4. The lowest BCUT2D eigenvalue weighted by atomic mass is 9.78. The van der Waals surface area contributed by atoms with E-state index >= 15 is 0 Å². The molecule has 1 aromatic carbocycles. The van der Waals surface area contributed by atoms with Gasteiger partial charge in [0, 0.05) is 31.9 Å². The van der Waals surface area contributed by atoms with Crippen LogP contribution in [0.5, 0.6) is 5.75 Å². The first kappa shape index (κ1) is 26.5. The summed E-state index contributed by atoms with van der Waals surface area (Å²) in [5.74, 6) is 1.16. The number of imidazole rings is 1. The number of pyridine rings is 1. The molecule has 2 atom stereocenters. The number of carbonyl (C=O) groups excluding carboxylic acids is 2. The standard InChI is InChI=1S/C29H36N6O4/c1-7-34-20-10-8-12-31-18(20)16-21(34)26-32-19-14-17(15-23(38-6)24(19)33(26)5)27(36)35-13-9-11-22(39-28(30)37)25(35)29(2,3)4/h8,10,12,14-16,22,25H,7,9,11,13H2,1-6H3,(H2,30,37)/t22?,25-/m0/s1. The predicted octanol–water partition coefficient (Wildman–Crippen LogP) is 4.73. The highest BCUT2D eigenvalue weighted by atomic mass is 16.6. The van der Waals surface area contributed by atoms with Crippen molar-refractivity contribution in [1.29, 1.82) is 0 Å². The molecule has 1 saturated heterocycles. The van der Waals surface area contributed by atoms with E-state index in [1.165, 1.54) is 0 Å². The van der Waals surface area contributed by atoms with Crippen molar-refractivity contribution in [3.8, 4) is 17.3 Å². The van der Waals surface area contributed by atoms with Gasteiger partial charge in [-0.25, -0.2) is 9.78 Å². The van der Waals surface area contributed by atoms with Gasteiger partial charge in [0.15, 0.2) is 5.82 Å². The van der Waals surface area contributed by atoms with E-state index in [2.05, 4.69) is 22.5 Å². The first-order chi connectivity index (χ1) is 18.5. The topological polar surface area (TPSA) is 117 Å². The SMILES string of the molecule is CCn1c(-c2nc3cc(C(=O)N4CCCC(OC(N)=O)[C@H]4C(C)(C)C)cc(OC)c3n2C)cc2ncccc21. The molecular weight excluding hydrogens is 496 g/mol. The molecule has 2 amide bonds. The van der Waals surface area contributed by atoms with Gasteiger partial charge in [0.2, 0.25) is 0 Å². The quantitative estimate of drug-likeness (QED) is 0.397. The van der Waals surface area contributed by atoms with Crippen molar-refractivity contribution >= 4 is 34.1 Å². The number of hydrogen-bond acceptors (Lipinski definition) is 6. The van der Waals surface area contributed by atoms with Crippen LogP contribution in [0.4, 0.5) is 4.79 Å². The van der Waals surface area contributed by atoms with Crippen LogP contribution in [0, 0.1) is 5.41 Å². The molecule has 206 valence electrons. The van der Waals surface area contributed by atoms with Crippen molar-refractivity contribution in [3.05, 3.63) is 42.1 Å². The number of hydrogen-bond donors (Lipinski definition) is 1. The minimum absolute atomic E-state index is 0.160. The van der Waals surface area contributed by atoms with Crippen molar-refractivity contribution in [3.63, 3.8) is 0 Å². The molecule has 1 fully saturated rings. The van der Waals surface area contributed by atoms with Crippen LogP contribution in [0.2, 0.25) is 0 Å². The maximum absolute atomic E-state index is 14.0. The van der Waals surface area contributed by atoms with Crippen LogP contribution < -0.4 is 10.5 Å². The van der Waals surface area contributed by atoms with Crippen molar-refractivity contribution in [2.75, 3.05) is 13.7 Å². The van der Waals surface area contributed by atoms with Gasteiger partial charge in [-0.15, -0.1) is 0 Å². The van der Waals surface area contributed by atoms with Gasteiger partial charge in [-0.1, -0.05) is 20.8 Å². The Balaban J connectivity index is 1.61. The summed E-state index contributed by atoms with van der Waals surface area (Å²) in [7, 11) is 3.55. The van der Waals surface area contributed by atoms with Gasteiger partial charge in [-0.2, -0.15) is 0 Å². The lowest BCUT2D eigenvalue weighted by molar-refractivity contribution is -0.0352. The van der Waals surface area contributed by atoms with Crippen LogP contribution >= 0.6 is 0 Å². The molecule has 5 rings (SSSR count). The zero-order chi connectivity index (χ0) is 28.1. The van der Waals surface area contributed by atoms with Crippen LogP contribution in [-0.4, -0.2) is 61.8 Å². The van der Waals surface area contributed by atoms with Gasteiger partial charge in [-0.05, 0) is 55.5 Å². The van der Waals surface area contributed by atoms with Gasteiger partial charge in [0.05, 0.1) is 35.4 Å². The van der Waals surface area contributed by atoms with E-state index in [9.17, 15) is 9.59 Å². The zero-order valence-corrected chi connectivity index (χ0v) is 23.4. The second kappa shape index (κ2) is 9.91. The molecule has 1 unspecified atom stereocenters. The largest absolute Gasteiger partial charge is 0.494 e. The fraction of sp³-hybridized carbons (Fsp3) is 0.448. The maximum Gasteiger partial charge on any atom is 0.404 e. The minimum Gasteiger partial charge on any atom is -0.494 e. The van der Waals surface area contributed by atoms with Crippen molar-refractivity contribution in [2.45, 2.75) is 59.2 Å². The number of methoxy groups -OCH3 is 1.